The van der Waals surface area contributed by atoms with Crippen LogP contribution in [0.5, 0.6) is 5.75 Å². The Morgan fingerprint density at radius 3 is 2.74 bits per heavy atom. The second kappa shape index (κ2) is 9.58. The molecular weight excluding hydrogens is 434 g/mol. The molecule has 1 atom stereocenters. The molecule has 2 N–H and O–H groups in total. The van der Waals surface area contributed by atoms with Crippen molar-refractivity contribution in [1.82, 2.24) is 9.97 Å². The number of halogens is 1. The predicted molar refractivity (Wildman–Crippen MR) is 123 cm³/mol. The van der Waals surface area contributed by atoms with E-state index in [4.69, 9.17) is 16.3 Å². The first-order valence-corrected chi connectivity index (χ1v) is 11.4. The minimum absolute atomic E-state index is 0.163. The van der Waals surface area contributed by atoms with E-state index in [9.17, 15) is 9.59 Å². The van der Waals surface area contributed by atoms with Gasteiger partial charge in [-0.25, -0.2) is 4.98 Å². The molecule has 1 aromatic heterocycles. The Labute approximate surface area is 189 Å². The van der Waals surface area contributed by atoms with Crippen LogP contribution in [0.2, 0.25) is 5.02 Å². The molecule has 0 bridgehead atoms. The van der Waals surface area contributed by atoms with Crippen LogP contribution in [0.25, 0.3) is 0 Å². The van der Waals surface area contributed by atoms with E-state index in [1.807, 2.05) is 55.5 Å². The fourth-order valence-electron chi connectivity index (χ4n) is 3.56. The minimum atomic E-state index is -0.421. The summed E-state index contributed by atoms with van der Waals surface area (Å²) in [5.74, 6) is 0.939. The Balaban J connectivity index is 1.67. The van der Waals surface area contributed by atoms with Crippen LogP contribution in [0.15, 0.2) is 58.5 Å². The third-order valence-corrected chi connectivity index (χ3v) is 6.30. The lowest BCUT2D eigenvalue weighted by atomic mass is 9.86. The van der Waals surface area contributed by atoms with Crippen molar-refractivity contribution >= 4 is 35.1 Å². The molecule has 1 aliphatic heterocycles. The van der Waals surface area contributed by atoms with Gasteiger partial charge in [-0.2, -0.15) is 0 Å². The van der Waals surface area contributed by atoms with Crippen LogP contribution < -0.4 is 15.6 Å². The molecule has 160 valence electrons. The number of H-pyrrole nitrogens is 1. The number of aromatic nitrogens is 2. The molecule has 0 saturated heterocycles. The summed E-state index contributed by atoms with van der Waals surface area (Å²) in [4.78, 5) is 32.9. The maximum Gasteiger partial charge on any atom is 0.257 e. The summed E-state index contributed by atoms with van der Waals surface area (Å²) in [5, 5.41) is 3.85. The zero-order chi connectivity index (χ0) is 21.8. The van der Waals surface area contributed by atoms with Gasteiger partial charge in [0.25, 0.3) is 5.56 Å². The molecule has 6 nitrogen and oxygen atoms in total. The Morgan fingerprint density at radius 2 is 1.94 bits per heavy atom. The van der Waals surface area contributed by atoms with Gasteiger partial charge in [-0.1, -0.05) is 66.7 Å². The highest BCUT2D eigenvalue weighted by atomic mass is 35.5. The average molecular weight is 456 g/mol. The van der Waals surface area contributed by atoms with E-state index in [2.05, 4.69) is 15.3 Å². The summed E-state index contributed by atoms with van der Waals surface area (Å²) in [6, 6.07) is 15.1. The predicted octanol–water partition coefficient (Wildman–Crippen LogP) is 4.98. The standard InChI is InChI=1S/C23H22ClN3O3S/c1-2-11-30-18-10-6-4-8-15(18)16-12-19(28)25-21-20(16)22(29)27-23(26-21)31-13-14-7-3-5-9-17(14)24/h3-10,16H,2,11-13H2,1H3,(H2,25,26,27,28,29)/t16-/m1/s1. The summed E-state index contributed by atoms with van der Waals surface area (Å²) in [7, 11) is 0. The molecule has 8 heteroatoms. The number of carbonyl (C=O) groups excluding carboxylic acids is 1. The first-order chi connectivity index (χ1) is 15.1. The number of nitrogens with zero attached hydrogens (tertiary/aromatic N) is 1. The molecule has 0 fully saturated rings. The van der Waals surface area contributed by atoms with Crippen molar-refractivity contribution in [2.24, 2.45) is 0 Å². The lowest BCUT2D eigenvalue weighted by Crippen LogP contribution is -2.31. The van der Waals surface area contributed by atoms with Gasteiger partial charge in [-0.3, -0.25) is 9.59 Å². The van der Waals surface area contributed by atoms with Crippen molar-refractivity contribution in [2.75, 3.05) is 11.9 Å². The van der Waals surface area contributed by atoms with Gasteiger partial charge in [0.15, 0.2) is 5.16 Å². The second-order valence-corrected chi connectivity index (χ2v) is 8.58. The molecule has 0 unspecified atom stereocenters. The van der Waals surface area contributed by atoms with Gasteiger partial charge < -0.3 is 15.0 Å². The maximum absolute atomic E-state index is 13.1. The fourth-order valence-corrected chi connectivity index (χ4v) is 4.70. The Kier molecular flexibility index (Phi) is 6.63. The van der Waals surface area contributed by atoms with Crippen LogP contribution in [0.4, 0.5) is 5.82 Å². The highest BCUT2D eigenvalue weighted by molar-refractivity contribution is 7.98. The molecule has 1 aliphatic rings. The third-order valence-electron chi connectivity index (χ3n) is 5.01. The first-order valence-electron chi connectivity index (χ1n) is 10.1. The van der Waals surface area contributed by atoms with Gasteiger partial charge >= 0.3 is 0 Å². The van der Waals surface area contributed by atoms with E-state index in [-0.39, 0.29) is 17.9 Å². The number of amides is 1. The van der Waals surface area contributed by atoms with E-state index >= 15 is 0 Å². The molecule has 2 aromatic carbocycles. The van der Waals surface area contributed by atoms with Crippen molar-refractivity contribution < 1.29 is 9.53 Å². The number of aromatic amines is 1. The van der Waals surface area contributed by atoms with Crippen LogP contribution in [-0.4, -0.2) is 22.5 Å². The van der Waals surface area contributed by atoms with E-state index < -0.39 is 5.92 Å². The van der Waals surface area contributed by atoms with Gasteiger partial charge in [-0.15, -0.1) is 0 Å². The summed E-state index contributed by atoms with van der Waals surface area (Å²) >= 11 is 7.58. The number of hydrogen-bond donors (Lipinski definition) is 2. The molecule has 2 heterocycles. The normalized spacial score (nSPS) is 15.3. The number of nitrogens with one attached hydrogen (secondary N) is 2. The van der Waals surface area contributed by atoms with Gasteiger partial charge in [0.2, 0.25) is 5.91 Å². The first kappa shape index (κ1) is 21.5. The summed E-state index contributed by atoms with van der Waals surface area (Å²) < 4.78 is 5.87. The van der Waals surface area contributed by atoms with Crippen molar-refractivity contribution in [3.63, 3.8) is 0 Å². The molecule has 0 saturated carbocycles. The lowest BCUT2D eigenvalue weighted by Gasteiger charge is -2.26. The number of para-hydroxylation sites is 1. The number of ether oxygens (including phenoxy) is 1. The number of rotatable bonds is 7. The third kappa shape index (κ3) is 4.78. The molecule has 1 amide bonds. The largest absolute Gasteiger partial charge is 0.493 e. The Hall–Kier alpha value is -2.77. The number of carbonyl (C=O) groups is 1. The van der Waals surface area contributed by atoms with Crippen LogP contribution >= 0.6 is 23.4 Å². The van der Waals surface area contributed by atoms with Crippen LogP contribution in [0, 0.1) is 0 Å². The van der Waals surface area contributed by atoms with Crippen molar-refractivity contribution in [3.8, 4) is 5.75 Å². The number of hydrogen-bond acceptors (Lipinski definition) is 5. The summed E-state index contributed by atoms with van der Waals surface area (Å²) in [6.45, 7) is 2.59. The molecule has 0 radical (unpaired) electrons. The average Bonchev–Trinajstić information content (AvgIpc) is 2.76. The van der Waals surface area contributed by atoms with Gasteiger partial charge in [-0.05, 0) is 24.1 Å². The fraction of sp³-hybridized carbons (Fsp3) is 0.261. The number of fused-ring (bicyclic) bond motifs is 1. The quantitative estimate of drug-likeness (QED) is 0.387. The maximum atomic E-state index is 13.1. The number of anilines is 1. The zero-order valence-electron chi connectivity index (χ0n) is 17.0. The van der Waals surface area contributed by atoms with E-state index in [0.29, 0.717) is 39.7 Å². The highest BCUT2D eigenvalue weighted by Gasteiger charge is 2.32. The van der Waals surface area contributed by atoms with Crippen molar-refractivity contribution in [2.45, 2.75) is 36.6 Å². The van der Waals surface area contributed by atoms with E-state index in [0.717, 1.165) is 17.5 Å². The Morgan fingerprint density at radius 1 is 1.16 bits per heavy atom. The molecule has 0 spiro atoms. The van der Waals surface area contributed by atoms with Gasteiger partial charge in [0.1, 0.15) is 11.6 Å². The molecule has 4 rings (SSSR count). The Bertz CT molecular complexity index is 1160. The summed E-state index contributed by atoms with van der Waals surface area (Å²) in [6.07, 6.45) is 1.03. The van der Waals surface area contributed by atoms with E-state index in [1.54, 1.807) is 0 Å². The monoisotopic (exact) mass is 455 g/mol. The molecule has 0 aliphatic carbocycles. The molecular formula is C23H22ClN3O3S. The van der Waals surface area contributed by atoms with Crippen LogP contribution in [0.1, 0.15) is 42.4 Å². The highest BCUT2D eigenvalue weighted by Crippen LogP contribution is 2.38. The van der Waals surface area contributed by atoms with Gasteiger partial charge in [0, 0.05) is 28.7 Å². The van der Waals surface area contributed by atoms with Gasteiger partial charge in [0.05, 0.1) is 12.2 Å². The van der Waals surface area contributed by atoms with Crippen LogP contribution in [-0.2, 0) is 10.5 Å². The van der Waals surface area contributed by atoms with Crippen molar-refractivity contribution in [3.05, 3.63) is 80.6 Å². The lowest BCUT2D eigenvalue weighted by molar-refractivity contribution is -0.116. The number of benzene rings is 2. The smallest absolute Gasteiger partial charge is 0.257 e. The minimum Gasteiger partial charge on any atom is -0.493 e. The topological polar surface area (TPSA) is 84.1 Å². The van der Waals surface area contributed by atoms with E-state index in [1.165, 1.54) is 11.8 Å². The summed E-state index contributed by atoms with van der Waals surface area (Å²) in [5.41, 5.74) is 1.95. The van der Waals surface area contributed by atoms with Crippen molar-refractivity contribution in [1.29, 1.82) is 0 Å². The molecule has 31 heavy (non-hydrogen) atoms. The number of thioether (sulfide) groups is 1. The SMILES string of the molecule is CCCOc1ccccc1[C@H]1CC(=O)Nc2nc(SCc3ccccc3Cl)[nH]c(=O)c21. The molecule has 3 aromatic rings. The zero-order valence-corrected chi connectivity index (χ0v) is 18.6. The second-order valence-electron chi connectivity index (χ2n) is 7.20. The van der Waals surface area contributed by atoms with Crippen LogP contribution in [0.3, 0.4) is 0 Å².